The summed E-state index contributed by atoms with van der Waals surface area (Å²) in [5.41, 5.74) is 5.81. The molecule has 152 valence electrons. The normalized spacial score (nSPS) is 28.7. The first-order chi connectivity index (χ1) is 14.7. The van der Waals surface area contributed by atoms with Gasteiger partial charge in [-0.3, -0.25) is 0 Å². The molecule has 0 radical (unpaired) electrons. The van der Waals surface area contributed by atoms with Crippen LogP contribution in [0.2, 0.25) is 0 Å². The second kappa shape index (κ2) is 7.80. The van der Waals surface area contributed by atoms with Crippen molar-refractivity contribution >= 4 is 5.69 Å². The summed E-state index contributed by atoms with van der Waals surface area (Å²) in [5, 5.41) is 0. The van der Waals surface area contributed by atoms with Crippen molar-refractivity contribution in [2.75, 3.05) is 18.0 Å². The molecule has 0 spiro atoms. The van der Waals surface area contributed by atoms with Gasteiger partial charge in [-0.1, -0.05) is 91.1 Å². The van der Waals surface area contributed by atoms with Crippen LogP contribution < -0.4 is 4.90 Å². The van der Waals surface area contributed by atoms with Gasteiger partial charge < -0.3 is 4.90 Å². The van der Waals surface area contributed by atoms with E-state index in [1.54, 1.807) is 5.57 Å². The number of allylic oxidation sites excluding steroid dienone is 7. The Hall–Kier alpha value is -2.80. The number of hydrogen-bond donors (Lipinski definition) is 0. The van der Waals surface area contributed by atoms with Gasteiger partial charge in [-0.25, -0.2) is 0 Å². The van der Waals surface area contributed by atoms with Gasteiger partial charge in [-0.05, 0) is 60.8 Å². The minimum atomic E-state index is 0.239. The van der Waals surface area contributed by atoms with Crippen molar-refractivity contribution in [2.24, 2.45) is 23.2 Å². The van der Waals surface area contributed by atoms with Gasteiger partial charge in [0.15, 0.2) is 0 Å². The molecule has 2 saturated carbocycles. The Morgan fingerprint density at radius 3 is 2.73 bits per heavy atom. The average Bonchev–Trinajstić information content (AvgIpc) is 3.71. The number of anilines is 1. The van der Waals surface area contributed by atoms with E-state index in [-0.39, 0.29) is 5.41 Å². The number of fused-ring (bicyclic) bond motifs is 1. The Bertz CT molecular complexity index is 1010. The summed E-state index contributed by atoms with van der Waals surface area (Å²) in [6, 6.07) is 19.7. The zero-order valence-electron chi connectivity index (χ0n) is 17.9. The fraction of sp³-hybridized carbons (Fsp3) is 0.310. The molecule has 30 heavy (non-hydrogen) atoms. The van der Waals surface area contributed by atoms with Crippen LogP contribution in [0.4, 0.5) is 5.69 Å². The van der Waals surface area contributed by atoms with Gasteiger partial charge in [-0.15, -0.1) is 0 Å². The third kappa shape index (κ3) is 3.47. The standard InChI is InChI=1S/C29H31N/c1-3-5-17-29(28-16-10-14-24-19-27(24)28)20-25(29)21-30(4-2)26-15-9-13-23(18-26)22-11-7-6-8-12-22/h3,5-18,24-25,27H,1,4,19-21H2,2H3/b17-5-. The molecule has 0 bridgehead atoms. The summed E-state index contributed by atoms with van der Waals surface area (Å²) in [5.74, 6) is 2.25. The lowest BCUT2D eigenvalue weighted by atomic mass is 9.85. The topological polar surface area (TPSA) is 3.24 Å². The molecule has 2 aromatic rings. The molecule has 5 rings (SSSR count). The van der Waals surface area contributed by atoms with E-state index in [4.69, 9.17) is 0 Å². The molecule has 3 aliphatic rings. The molecule has 0 amide bonds. The third-order valence-corrected chi connectivity index (χ3v) is 7.23. The first-order valence-corrected chi connectivity index (χ1v) is 11.3. The van der Waals surface area contributed by atoms with Crippen LogP contribution in [0.3, 0.4) is 0 Å². The van der Waals surface area contributed by atoms with Crippen molar-refractivity contribution in [3.05, 3.63) is 103 Å². The summed E-state index contributed by atoms with van der Waals surface area (Å²) in [6.45, 7) is 8.33. The first kappa shape index (κ1) is 19.2. The quantitative estimate of drug-likeness (QED) is 0.434. The molecule has 3 aliphatic carbocycles. The Labute approximate surface area is 181 Å². The fourth-order valence-corrected chi connectivity index (χ4v) is 5.38. The third-order valence-electron chi connectivity index (χ3n) is 7.23. The number of hydrogen-bond acceptors (Lipinski definition) is 1. The Kier molecular flexibility index (Phi) is 4.98. The molecular weight excluding hydrogens is 362 g/mol. The predicted molar refractivity (Wildman–Crippen MR) is 128 cm³/mol. The van der Waals surface area contributed by atoms with Crippen molar-refractivity contribution in [1.29, 1.82) is 0 Å². The van der Waals surface area contributed by atoms with Gasteiger partial charge in [0.1, 0.15) is 0 Å². The number of nitrogens with zero attached hydrogens (tertiary/aromatic N) is 1. The zero-order valence-corrected chi connectivity index (χ0v) is 17.9. The van der Waals surface area contributed by atoms with Crippen LogP contribution in [0.15, 0.2) is 103 Å². The van der Waals surface area contributed by atoms with Gasteiger partial charge in [-0.2, -0.15) is 0 Å². The summed E-state index contributed by atoms with van der Waals surface area (Å²) >= 11 is 0. The minimum absolute atomic E-state index is 0.239. The molecule has 0 N–H and O–H groups in total. The SMILES string of the molecule is C=C/C=C\C1(C2=CC=CC3CC23)CC1CN(CC)c1cccc(-c2ccccc2)c1. The Morgan fingerprint density at radius 1 is 1.10 bits per heavy atom. The summed E-state index contributed by atoms with van der Waals surface area (Å²) < 4.78 is 0. The second-order valence-electron chi connectivity index (χ2n) is 9.00. The van der Waals surface area contributed by atoms with Crippen molar-refractivity contribution < 1.29 is 0 Å². The van der Waals surface area contributed by atoms with E-state index in [1.807, 2.05) is 6.08 Å². The van der Waals surface area contributed by atoms with Crippen LogP contribution in [0, 0.1) is 23.2 Å². The molecular formula is C29H31N. The smallest absolute Gasteiger partial charge is 0.0372 e. The first-order valence-electron chi connectivity index (χ1n) is 11.3. The highest BCUT2D eigenvalue weighted by Gasteiger charge is 2.59. The lowest BCUT2D eigenvalue weighted by Crippen LogP contribution is -2.27. The van der Waals surface area contributed by atoms with Crippen molar-refractivity contribution in [1.82, 2.24) is 0 Å². The van der Waals surface area contributed by atoms with Crippen molar-refractivity contribution in [2.45, 2.75) is 19.8 Å². The molecule has 0 aliphatic heterocycles. The highest BCUT2D eigenvalue weighted by atomic mass is 15.1. The number of benzene rings is 2. The van der Waals surface area contributed by atoms with E-state index in [9.17, 15) is 0 Å². The molecule has 2 aromatic carbocycles. The van der Waals surface area contributed by atoms with Crippen LogP contribution >= 0.6 is 0 Å². The lowest BCUT2D eigenvalue weighted by molar-refractivity contribution is 0.594. The average molecular weight is 394 g/mol. The maximum Gasteiger partial charge on any atom is 0.0372 e. The highest BCUT2D eigenvalue weighted by Crippen LogP contribution is 2.66. The van der Waals surface area contributed by atoms with Crippen molar-refractivity contribution in [3.63, 3.8) is 0 Å². The van der Waals surface area contributed by atoms with Crippen LogP contribution in [0.1, 0.15) is 19.8 Å². The van der Waals surface area contributed by atoms with E-state index in [0.717, 1.165) is 24.9 Å². The lowest BCUT2D eigenvalue weighted by Gasteiger charge is -2.27. The van der Waals surface area contributed by atoms with Crippen LogP contribution in [0.25, 0.3) is 11.1 Å². The van der Waals surface area contributed by atoms with Gasteiger partial charge in [0, 0.05) is 24.2 Å². The highest BCUT2D eigenvalue weighted by molar-refractivity contribution is 5.68. The minimum Gasteiger partial charge on any atom is -0.371 e. The van der Waals surface area contributed by atoms with E-state index < -0.39 is 0 Å². The van der Waals surface area contributed by atoms with Crippen molar-refractivity contribution in [3.8, 4) is 11.1 Å². The Morgan fingerprint density at radius 2 is 1.93 bits per heavy atom. The molecule has 1 heteroatoms. The van der Waals surface area contributed by atoms with Gasteiger partial charge in [0.05, 0.1) is 0 Å². The molecule has 0 saturated heterocycles. The molecule has 1 nitrogen and oxygen atoms in total. The van der Waals surface area contributed by atoms with Crippen LogP contribution in [-0.2, 0) is 0 Å². The molecule has 0 heterocycles. The zero-order chi connectivity index (χ0) is 20.6. The molecule has 2 fully saturated rings. The predicted octanol–water partition coefficient (Wildman–Crippen LogP) is 7.06. The summed E-state index contributed by atoms with van der Waals surface area (Å²) in [7, 11) is 0. The number of rotatable bonds is 8. The largest absolute Gasteiger partial charge is 0.371 e. The van der Waals surface area contributed by atoms with Gasteiger partial charge in [0.2, 0.25) is 0 Å². The maximum absolute atomic E-state index is 3.92. The van der Waals surface area contributed by atoms with E-state index in [2.05, 4.69) is 103 Å². The van der Waals surface area contributed by atoms with E-state index >= 15 is 0 Å². The monoisotopic (exact) mass is 393 g/mol. The summed E-state index contributed by atoms with van der Waals surface area (Å²) in [4.78, 5) is 2.56. The fourth-order valence-electron chi connectivity index (χ4n) is 5.38. The second-order valence-corrected chi connectivity index (χ2v) is 9.00. The molecule has 0 aromatic heterocycles. The van der Waals surface area contributed by atoms with Gasteiger partial charge >= 0.3 is 0 Å². The van der Waals surface area contributed by atoms with Crippen LogP contribution in [-0.4, -0.2) is 13.1 Å². The summed E-state index contributed by atoms with van der Waals surface area (Å²) in [6.07, 6.45) is 16.2. The molecule has 4 atom stereocenters. The van der Waals surface area contributed by atoms with Gasteiger partial charge in [0.25, 0.3) is 0 Å². The van der Waals surface area contributed by atoms with E-state index in [1.165, 1.54) is 29.7 Å². The maximum atomic E-state index is 3.92. The van der Waals surface area contributed by atoms with E-state index in [0.29, 0.717) is 5.92 Å². The Balaban J connectivity index is 1.38. The molecule has 4 unspecified atom stereocenters. The van der Waals surface area contributed by atoms with Crippen LogP contribution in [0.5, 0.6) is 0 Å².